The zero-order valence-corrected chi connectivity index (χ0v) is 18.3. The molecule has 4 rings (SSSR count). The minimum absolute atomic E-state index is 0.0459. The molecule has 0 bridgehead atoms. The topological polar surface area (TPSA) is 98.8 Å². The number of fused-ring (bicyclic) bond motifs is 2. The van der Waals surface area contributed by atoms with E-state index in [-0.39, 0.29) is 45.2 Å². The molecule has 166 valence electrons. The first-order valence-corrected chi connectivity index (χ1v) is 10.4. The normalized spacial score (nSPS) is 11.9. The summed E-state index contributed by atoms with van der Waals surface area (Å²) in [4.78, 5) is 50.4. The van der Waals surface area contributed by atoms with Crippen LogP contribution >= 0.6 is 11.6 Å². The number of hydrogen-bond donors (Lipinski definition) is 1. The molecular weight excluding hydrogens is 446 g/mol. The molecule has 7 nitrogen and oxygen atoms in total. The number of ketones is 2. The standard InChI is InChI=1S/C25H18ClNO6/c1-32-19-9-5-2-6-14(19)12-27-20(28)13-33-25(31)18-11-10-17-21(22(18)26)24(30)16-8-4-3-7-15(16)23(17)29/h2-11H,12-13H2,1H3,(H,27,28). The van der Waals surface area contributed by atoms with Gasteiger partial charge in [-0.1, -0.05) is 54.1 Å². The average molecular weight is 464 g/mol. The SMILES string of the molecule is COc1ccccc1CNC(=O)COC(=O)c1ccc2c(c1Cl)C(=O)c1ccccc1C2=O. The van der Waals surface area contributed by atoms with Gasteiger partial charge in [0.1, 0.15) is 5.75 Å². The van der Waals surface area contributed by atoms with E-state index in [4.69, 9.17) is 21.1 Å². The van der Waals surface area contributed by atoms with Gasteiger partial charge in [0.15, 0.2) is 18.2 Å². The number of amides is 1. The number of para-hydroxylation sites is 1. The molecule has 3 aromatic rings. The highest BCUT2D eigenvalue weighted by Gasteiger charge is 2.33. The fraction of sp³-hybridized carbons (Fsp3) is 0.120. The molecule has 0 aromatic heterocycles. The monoisotopic (exact) mass is 463 g/mol. The van der Waals surface area contributed by atoms with Gasteiger partial charge in [-0.3, -0.25) is 14.4 Å². The third-order valence-electron chi connectivity index (χ3n) is 5.25. The summed E-state index contributed by atoms with van der Waals surface area (Å²) in [5.41, 5.74) is 1.24. The fourth-order valence-corrected chi connectivity index (χ4v) is 3.93. The second-order valence-corrected chi connectivity index (χ2v) is 7.60. The van der Waals surface area contributed by atoms with Crippen molar-refractivity contribution < 1.29 is 28.7 Å². The van der Waals surface area contributed by atoms with Crippen LogP contribution in [-0.4, -0.2) is 37.2 Å². The van der Waals surface area contributed by atoms with Crippen molar-refractivity contribution in [2.45, 2.75) is 6.54 Å². The fourth-order valence-electron chi connectivity index (χ4n) is 3.61. The Morgan fingerprint density at radius 2 is 1.55 bits per heavy atom. The molecule has 3 aromatic carbocycles. The summed E-state index contributed by atoms with van der Waals surface area (Å²) in [7, 11) is 1.53. The van der Waals surface area contributed by atoms with Crippen molar-refractivity contribution in [3.8, 4) is 5.75 Å². The van der Waals surface area contributed by atoms with Gasteiger partial charge in [0, 0.05) is 28.8 Å². The lowest BCUT2D eigenvalue weighted by Gasteiger charge is -2.19. The Hall–Kier alpha value is -3.97. The van der Waals surface area contributed by atoms with Gasteiger partial charge in [0.05, 0.1) is 23.3 Å². The van der Waals surface area contributed by atoms with Gasteiger partial charge in [-0.15, -0.1) is 0 Å². The van der Waals surface area contributed by atoms with Crippen LogP contribution in [0.5, 0.6) is 5.75 Å². The average Bonchev–Trinajstić information content (AvgIpc) is 2.84. The van der Waals surface area contributed by atoms with Gasteiger partial charge in [-0.2, -0.15) is 0 Å². The van der Waals surface area contributed by atoms with Crippen LogP contribution in [0.15, 0.2) is 60.7 Å². The highest BCUT2D eigenvalue weighted by molar-refractivity contribution is 6.41. The van der Waals surface area contributed by atoms with E-state index in [0.717, 1.165) is 5.56 Å². The summed E-state index contributed by atoms with van der Waals surface area (Å²) < 4.78 is 10.3. The molecule has 8 heteroatoms. The van der Waals surface area contributed by atoms with Gasteiger partial charge >= 0.3 is 5.97 Å². The number of nitrogens with one attached hydrogen (secondary N) is 1. The van der Waals surface area contributed by atoms with E-state index < -0.39 is 24.3 Å². The Labute approximate surface area is 194 Å². The molecule has 0 spiro atoms. The largest absolute Gasteiger partial charge is 0.496 e. The first-order chi connectivity index (χ1) is 15.9. The number of methoxy groups -OCH3 is 1. The van der Waals surface area contributed by atoms with Crippen LogP contribution in [0.4, 0.5) is 0 Å². The molecule has 1 amide bonds. The highest BCUT2D eigenvalue weighted by Crippen LogP contribution is 2.34. The molecule has 1 N–H and O–H groups in total. The van der Waals surface area contributed by atoms with Crippen molar-refractivity contribution in [3.63, 3.8) is 0 Å². The quantitative estimate of drug-likeness (QED) is 0.439. The Morgan fingerprint density at radius 3 is 2.27 bits per heavy atom. The molecule has 1 aliphatic rings. The number of rotatable bonds is 6. The van der Waals surface area contributed by atoms with Crippen LogP contribution < -0.4 is 10.1 Å². The molecule has 0 atom stereocenters. The van der Waals surface area contributed by atoms with E-state index in [1.54, 1.807) is 30.3 Å². The van der Waals surface area contributed by atoms with Gasteiger partial charge in [-0.05, 0) is 18.2 Å². The lowest BCUT2D eigenvalue weighted by Crippen LogP contribution is -2.29. The number of halogens is 1. The van der Waals surface area contributed by atoms with Crippen LogP contribution in [0.3, 0.4) is 0 Å². The van der Waals surface area contributed by atoms with Crippen molar-refractivity contribution in [1.29, 1.82) is 0 Å². The van der Waals surface area contributed by atoms with Crippen molar-refractivity contribution >= 4 is 35.0 Å². The number of hydrogen-bond acceptors (Lipinski definition) is 6. The Bertz CT molecular complexity index is 1300. The molecule has 0 radical (unpaired) electrons. The smallest absolute Gasteiger partial charge is 0.340 e. The molecule has 33 heavy (non-hydrogen) atoms. The molecular formula is C25H18ClNO6. The number of carbonyl (C=O) groups excluding carboxylic acids is 4. The predicted molar refractivity (Wildman–Crippen MR) is 120 cm³/mol. The van der Waals surface area contributed by atoms with Crippen LogP contribution in [-0.2, 0) is 16.1 Å². The molecule has 1 aliphatic carbocycles. The molecule has 0 fully saturated rings. The maximum Gasteiger partial charge on any atom is 0.340 e. The third-order valence-corrected chi connectivity index (χ3v) is 5.65. The minimum atomic E-state index is -0.880. The molecule has 0 aliphatic heterocycles. The lowest BCUT2D eigenvalue weighted by atomic mass is 9.83. The van der Waals surface area contributed by atoms with Crippen LogP contribution in [0.25, 0.3) is 0 Å². The molecule has 0 saturated carbocycles. The second kappa shape index (κ2) is 9.26. The maximum atomic E-state index is 12.9. The first kappa shape index (κ1) is 22.2. The zero-order valence-electron chi connectivity index (χ0n) is 17.5. The summed E-state index contributed by atoms with van der Waals surface area (Å²) >= 11 is 6.35. The Kier molecular flexibility index (Phi) is 6.24. The van der Waals surface area contributed by atoms with Crippen molar-refractivity contribution in [2.75, 3.05) is 13.7 Å². The first-order valence-electron chi connectivity index (χ1n) is 9.99. The molecule has 0 heterocycles. The Balaban J connectivity index is 1.46. The van der Waals surface area contributed by atoms with E-state index in [9.17, 15) is 19.2 Å². The van der Waals surface area contributed by atoms with Crippen molar-refractivity contribution in [1.82, 2.24) is 5.32 Å². The summed E-state index contributed by atoms with van der Waals surface area (Å²) in [5, 5.41) is 2.46. The van der Waals surface area contributed by atoms with Gasteiger partial charge < -0.3 is 14.8 Å². The summed E-state index contributed by atoms with van der Waals surface area (Å²) in [6.07, 6.45) is 0. The zero-order chi connectivity index (χ0) is 23.5. The van der Waals surface area contributed by atoms with E-state index in [2.05, 4.69) is 5.32 Å². The lowest BCUT2D eigenvalue weighted by molar-refractivity contribution is -0.124. The number of esters is 1. The molecule has 0 unspecified atom stereocenters. The van der Waals surface area contributed by atoms with Crippen molar-refractivity contribution in [3.05, 3.63) is 99.1 Å². The highest BCUT2D eigenvalue weighted by atomic mass is 35.5. The van der Waals surface area contributed by atoms with E-state index in [0.29, 0.717) is 5.75 Å². The maximum absolute atomic E-state index is 12.9. The Morgan fingerprint density at radius 1 is 0.879 bits per heavy atom. The summed E-state index contributed by atoms with van der Waals surface area (Å²) in [5.74, 6) is -1.58. The van der Waals surface area contributed by atoms with Crippen molar-refractivity contribution in [2.24, 2.45) is 0 Å². The van der Waals surface area contributed by atoms with Gasteiger partial charge in [0.25, 0.3) is 5.91 Å². The summed E-state index contributed by atoms with van der Waals surface area (Å²) in [6, 6.07) is 16.3. The molecule has 0 saturated heterocycles. The second-order valence-electron chi connectivity index (χ2n) is 7.22. The van der Waals surface area contributed by atoms with Crippen LogP contribution in [0, 0.1) is 0 Å². The van der Waals surface area contributed by atoms with Gasteiger partial charge in [-0.25, -0.2) is 4.79 Å². The van der Waals surface area contributed by atoms with E-state index in [1.807, 2.05) is 12.1 Å². The predicted octanol–water partition coefficient (Wildman–Crippen LogP) is 3.60. The van der Waals surface area contributed by atoms with Crippen LogP contribution in [0.2, 0.25) is 5.02 Å². The number of ether oxygens (including phenoxy) is 2. The number of carbonyl (C=O) groups is 4. The van der Waals surface area contributed by atoms with Gasteiger partial charge in [0.2, 0.25) is 0 Å². The summed E-state index contributed by atoms with van der Waals surface area (Å²) in [6.45, 7) is -0.354. The number of benzene rings is 3. The third kappa shape index (κ3) is 4.23. The minimum Gasteiger partial charge on any atom is -0.496 e. The van der Waals surface area contributed by atoms with E-state index >= 15 is 0 Å². The van der Waals surface area contributed by atoms with Crippen LogP contribution in [0.1, 0.15) is 47.8 Å². The van der Waals surface area contributed by atoms with E-state index in [1.165, 1.54) is 25.3 Å².